The largest absolute Gasteiger partial charge is 0.397 e. The fraction of sp³-hybridized carbons (Fsp3) is 0.222. The second-order valence-electron chi connectivity index (χ2n) is 2.72. The average molecular weight is 164 g/mol. The van der Waals surface area contributed by atoms with E-state index in [-0.39, 0.29) is 5.91 Å². The third kappa shape index (κ3) is 1.75. The van der Waals surface area contributed by atoms with Gasteiger partial charge in [0.15, 0.2) is 0 Å². The van der Waals surface area contributed by atoms with Gasteiger partial charge in [-0.1, -0.05) is 12.1 Å². The van der Waals surface area contributed by atoms with Gasteiger partial charge in [0.2, 0.25) is 5.91 Å². The van der Waals surface area contributed by atoms with Crippen molar-refractivity contribution in [3.05, 3.63) is 23.8 Å². The first kappa shape index (κ1) is 8.59. The number of para-hydroxylation sites is 1. The molecule has 1 aromatic carbocycles. The van der Waals surface area contributed by atoms with Gasteiger partial charge in [0.1, 0.15) is 0 Å². The Labute approximate surface area is 71.6 Å². The molecule has 1 amide bonds. The first-order chi connectivity index (χ1) is 5.61. The van der Waals surface area contributed by atoms with Crippen LogP contribution in [-0.2, 0) is 4.79 Å². The van der Waals surface area contributed by atoms with Crippen molar-refractivity contribution >= 4 is 17.3 Å². The van der Waals surface area contributed by atoms with E-state index >= 15 is 0 Å². The highest BCUT2D eigenvalue weighted by Crippen LogP contribution is 2.21. The van der Waals surface area contributed by atoms with Crippen LogP contribution in [0.15, 0.2) is 18.2 Å². The zero-order chi connectivity index (χ0) is 9.14. The number of amides is 1. The molecule has 0 heterocycles. The van der Waals surface area contributed by atoms with E-state index in [2.05, 4.69) is 5.32 Å². The van der Waals surface area contributed by atoms with Crippen molar-refractivity contribution in [2.75, 3.05) is 11.1 Å². The van der Waals surface area contributed by atoms with E-state index in [1.165, 1.54) is 6.92 Å². The predicted octanol–water partition coefficient (Wildman–Crippen LogP) is 1.54. The molecule has 0 saturated heterocycles. The van der Waals surface area contributed by atoms with Gasteiger partial charge in [-0.2, -0.15) is 0 Å². The summed E-state index contributed by atoms with van der Waals surface area (Å²) in [5.41, 5.74) is 8.00. The van der Waals surface area contributed by atoms with Gasteiger partial charge in [0, 0.05) is 6.92 Å². The monoisotopic (exact) mass is 164 g/mol. The highest BCUT2D eigenvalue weighted by Gasteiger charge is 2.01. The number of carbonyl (C=O) groups is 1. The molecule has 1 aromatic rings. The number of anilines is 2. The molecule has 0 spiro atoms. The maximum Gasteiger partial charge on any atom is 0.221 e. The van der Waals surface area contributed by atoms with Crippen molar-refractivity contribution in [2.24, 2.45) is 0 Å². The van der Waals surface area contributed by atoms with E-state index in [0.717, 1.165) is 5.56 Å². The molecule has 0 fully saturated rings. The van der Waals surface area contributed by atoms with Gasteiger partial charge in [-0.15, -0.1) is 0 Å². The summed E-state index contributed by atoms with van der Waals surface area (Å²) >= 11 is 0. The van der Waals surface area contributed by atoms with Gasteiger partial charge >= 0.3 is 0 Å². The minimum absolute atomic E-state index is 0.104. The first-order valence-corrected chi connectivity index (χ1v) is 3.74. The molecule has 3 N–H and O–H groups in total. The second kappa shape index (κ2) is 3.26. The smallest absolute Gasteiger partial charge is 0.221 e. The van der Waals surface area contributed by atoms with Crippen LogP contribution in [0.3, 0.4) is 0 Å². The van der Waals surface area contributed by atoms with Crippen LogP contribution in [-0.4, -0.2) is 5.91 Å². The molecule has 0 aliphatic heterocycles. The summed E-state index contributed by atoms with van der Waals surface area (Å²) in [7, 11) is 0. The number of hydrogen-bond donors (Lipinski definition) is 2. The molecule has 0 radical (unpaired) electrons. The molecule has 0 atom stereocenters. The zero-order valence-corrected chi connectivity index (χ0v) is 7.22. The lowest BCUT2D eigenvalue weighted by molar-refractivity contribution is -0.114. The van der Waals surface area contributed by atoms with Crippen molar-refractivity contribution in [3.63, 3.8) is 0 Å². The molecule has 0 aliphatic rings. The Hall–Kier alpha value is -1.51. The Morgan fingerprint density at radius 3 is 2.75 bits per heavy atom. The minimum atomic E-state index is -0.104. The van der Waals surface area contributed by atoms with Crippen LogP contribution in [0.2, 0.25) is 0 Å². The summed E-state index contributed by atoms with van der Waals surface area (Å²) in [6.07, 6.45) is 0. The Morgan fingerprint density at radius 2 is 2.17 bits per heavy atom. The normalized spacial score (nSPS) is 9.50. The summed E-state index contributed by atoms with van der Waals surface area (Å²) in [6, 6.07) is 5.54. The number of nitrogen functional groups attached to an aromatic ring is 1. The molecule has 3 nitrogen and oxygen atoms in total. The van der Waals surface area contributed by atoms with Gasteiger partial charge < -0.3 is 11.1 Å². The molecule has 0 bridgehead atoms. The zero-order valence-electron chi connectivity index (χ0n) is 7.22. The van der Waals surface area contributed by atoms with Gasteiger partial charge in [0.05, 0.1) is 11.4 Å². The summed E-state index contributed by atoms with van der Waals surface area (Å²) in [5.74, 6) is -0.104. The quantitative estimate of drug-likeness (QED) is 0.618. The molecule has 0 aromatic heterocycles. The topological polar surface area (TPSA) is 55.1 Å². The van der Waals surface area contributed by atoms with Crippen LogP contribution in [0.5, 0.6) is 0 Å². The van der Waals surface area contributed by atoms with Gasteiger partial charge in [-0.3, -0.25) is 4.79 Å². The van der Waals surface area contributed by atoms with Crippen LogP contribution in [0.1, 0.15) is 12.5 Å². The lowest BCUT2D eigenvalue weighted by Crippen LogP contribution is -2.08. The number of nitrogens with one attached hydrogen (secondary N) is 1. The minimum Gasteiger partial charge on any atom is -0.397 e. The molecular formula is C9H12N2O. The lowest BCUT2D eigenvalue weighted by Gasteiger charge is -2.07. The average Bonchev–Trinajstić information content (AvgIpc) is 1.98. The third-order valence-corrected chi connectivity index (χ3v) is 1.63. The van der Waals surface area contributed by atoms with Crippen LogP contribution >= 0.6 is 0 Å². The summed E-state index contributed by atoms with van der Waals surface area (Å²) in [5, 5.41) is 2.65. The number of hydrogen-bond acceptors (Lipinski definition) is 2. The van der Waals surface area contributed by atoms with Crippen LogP contribution in [0.4, 0.5) is 11.4 Å². The van der Waals surface area contributed by atoms with E-state index in [0.29, 0.717) is 11.4 Å². The standard InChI is InChI=1S/C9H12N2O/c1-6-4-3-5-8(9(6)10)11-7(2)12/h3-5H,10H2,1-2H3,(H,11,12). The molecule has 1 rings (SSSR count). The van der Waals surface area contributed by atoms with E-state index in [9.17, 15) is 4.79 Å². The Bertz CT molecular complexity index is 307. The number of carbonyl (C=O) groups excluding carboxylic acids is 1. The fourth-order valence-corrected chi connectivity index (χ4v) is 0.979. The lowest BCUT2D eigenvalue weighted by atomic mass is 10.2. The van der Waals surface area contributed by atoms with Crippen molar-refractivity contribution in [1.82, 2.24) is 0 Å². The van der Waals surface area contributed by atoms with Crippen molar-refractivity contribution in [2.45, 2.75) is 13.8 Å². The first-order valence-electron chi connectivity index (χ1n) is 3.74. The summed E-state index contributed by atoms with van der Waals surface area (Å²) < 4.78 is 0. The van der Waals surface area contributed by atoms with Crippen molar-refractivity contribution < 1.29 is 4.79 Å². The van der Waals surface area contributed by atoms with Gasteiger partial charge in [-0.25, -0.2) is 0 Å². The number of rotatable bonds is 1. The highest BCUT2D eigenvalue weighted by atomic mass is 16.1. The number of aryl methyl sites for hydroxylation is 1. The van der Waals surface area contributed by atoms with Crippen LogP contribution in [0, 0.1) is 6.92 Å². The Morgan fingerprint density at radius 1 is 1.50 bits per heavy atom. The Kier molecular flexibility index (Phi) is 2.33. The second-order valence-corrected chi connectivity index (χ2v) is 2.72. The van der Waals surface area contributed by atoms with E-state index < -0.39 is 0 Å². The Balaban J connectivity index is 3.00. The summed E-state index contributed by atoms with van der Waals surface area (Å²) in [4.78, 5) is 10.7. The molecule has 64 valence electrons. The van der Waals surface area contributed by atoms with Gasteiger partial charge in [-0.05, 0) is 18.6 Å². The molecule has 0 saturated carbocycles. The molecule has 3 heteroatoms. The molecular weight excluding hydrogens is 152 g/mol. The molecule has 0 aliphatic carbocycles. The van der Waals surface area contributed by atoms with Crippen molar-refractivity contribution in [3.8, 4) is 0 Å². The van der Waals surface area contributed by atoms with Gasteiger partial charge in [0.25, 0.3) is 0 Å². The van der Waals surface area contributed by atoms with E-state index in [4.69, 9.17) is 5.73 Å². The number of benzene rings is 1. The molecule has 0 unspecified atom stereocenters. The molecule has 12 heavy (non-hydrogen) atoms. The van der Waals surface area contributed by atoms with E-state index in [1.807, 2.05) is 19.1 Å². The van der Waals surface area contributed by atoms with E-state index in [1.54, 1.807) is 6.07 Å². The third-order valence-electron chi connectivity index (χ3n) is 1.63. The maximum absolute atomic E-state index is 10.7. The SMILES string of the molecule is CC(=O)Nc1cccc(C)c1N. The number of nitrogens with two attached hydrogens (primary N) is 1. The predicted molar refractivity (Wildman–Crippen MR) is 49.9 cm³/mol. The summed E-state index contributed by atoms with van der Waals surface area (Å²) in [6.45, 7) is 3.36. The fourth-order valence-electron chi connectivity index (χ4n) is 0.979. The van der Waals surface area contributed by atoms with Crippen LogP contribution < -0.4 is 11.1 Å². The highest BCUT2D eigenvalue weighted by molar-refractivity contribution is 5.92. The van der Waals surface area contributed by atoms with Crippen molar-refractivity contribution in [1.29, 1.82) is 0 Å². The maximum atomic E-state index is 10.7. The van der Waals surface area contributed by atoms with Crippen LogP contribution in [0.25, 0.3) is 0 Å².